The molecule has 6 heteroatoms. The lowest BCUT2D eigenvalue weighted by Gasteiger charge is -2.26. The molecular formula is C13H15N3O3. The predicted molar refractivity (Wildman–Crippen MR) is 70.4 cm³/mol. The first-order chi connectivity index (χ1) is 9.13. The number of aromatic nitrogens is 1. The predicted octanol–water partition coefficient (Wildman–Crippen LogP) is 1.02. The van der Waals surface area contributed by atoms with Crippen LogP contribution in [-0.2, 0) is 4.74 Å². The van der Waals surface area contributed by atoms with Gasteiger partial charge >= 0.3 is 0 Å². The van der Waals surface area contributed by atoms with Crippen LogP contribution < -0.4 is 10.2 Å². The zero-order valence-corrected chi connectivity index (χ0v) is 10.8. The molecular weight excluding hydrogens is 246 g/mol. The van der Waals surface area contributed by atoms with Crippen molar-refractivity contribution in [3.8, 4) is 0 Å². The van der Waals surface area contributed by atoms with Gasteiger partial charge < -0.3 is 19.4 Å². The zero-order chi connectivity index (χ0) is 13.4. The molecule has 1 aromatic heterocycles. The molecule has 100 valence electrons. The Morgan fingerprint density at radius 2 is 2.21 bits per heavy atom. The van der Waals surface area contributed by atoms with Gasteiger partial charge in [0.25, 0.3) is 11.9 Å². The van der Waals surface area contributed by atoms with Crippen molar-refractivity contribution in [2.75, 3.05) is 32.2 Å². The quantitative estimate of drug-likeness (QED) is 0.893. The highest BCUT2D eigenvalue weighted by molar-refractivity contribution is 5.97. The number of hydrogen-bond donors (Lipinski definition) is 1. The summed E-state index contributed by atoms with van der Waals surface area (Å²) in [6.45, 7) is 1.17. The third kappa shape index (κ3) is 2.26. The van der Waals surface area contributed by atoms with E-state index in [1.807, 2.05) is 14.1 Å². The van der Waals surface area contributed by atoms with Gasteiger partial charge in [-0.25, -0.2) is 0 Å². The summed E-state index contributed by atoms with van der Waals surface area (Å²) in [6, 6.07) is 5.90. The molecule has 0 unspecified atom stereocenters. The summed E-state index contributed by atoms with van der Waals surface area (Å²) < 4.78 is 10.6. The minimum Gasteiger partial charge on any atom is -0.423 e. The van der Waals surface area contributed by atoms with E-state index in [1.54, 1.807) is 23.1 Å². The number of carbonyl (C=O) groups is 1. The van der Waals surface area contributed by atoms with Gasteiger partial charge in [0.2, 0.25) is 0 Å². The van der Waals surface area contributed by atoms with Gasteiger partial charge in [-0.05, 0) is 18.2 Å². The minimum absolute atomic E-state index is 0.113. The third-order valence-electron chi connectivity index (χ3n) is 3.00. The van der Waals surface area contributed by atoms with Gasteiger partial charge in [0.15, 0.2) is 5.58 Å². The summed E-state index contributed by atoms with van der Waals surface area (Å²) in [7, 11) is 3.71. The van der Waals surface area contributed by atoms with Crippen molar-refractivity contribution in [3.05, 3.63) is 23.8 Å². The molecule has 1 N–H and O–H groups in total. The van der Waals surface area contributed by atoms with Crippen molar-refractivity contribution in [2.24, 2.45) is 0 Å². The first-order valence-corrected chi connectivity index (χ1v) is 6.10. The molecule has 1 saturated heterocycles. The monoisotopic (exact) mass is 261 g/mol. The molecule has 1 fully saturated rings. The topological polar surface area (TPSA) is 67.6 Å². The standard InChI is InChI=1S/C13H15N3O3/c1-16(2)13-15-10-4-3-8(5-11(10)19-13)12(17)14-9-6-18-7-9/h3-5,9H,6-7H2,1-2H3,(H,14,17). The molecule has 0 atom stereocenters. The van der Waals surface area contributed by atoms with Crippen molar-refractivity contribution in [2.45, 2.75) is 6.04 Å². The smallest absolute Gasteiger partial charge is 0.297 e. The van der Waals surface area contributed by atoms with Gasteiger partial charge in [-0.3, -0.25) is 4.79 Å². The maximum Gasteiger partial charge on any atom is 0.297 e. The molecule has 0 saturated carbocycles. The van der Waals surface area contributed by atoms with E-state index in [2.05, 4.69) is 10.3 Å². The highest BCUT2D eigenvalue weighted by Gasteiger charge is 2.21. The molecule has 6 nitrogen and oxygen atoms in total. The number of hydrogen-bond acceptors (Lipinski definition) is 5. The fourth-order valence-corrected chi connectivity index (χ4v) is 1.83. The summed E-state index contributed by atoms with van der Waals surface area (Å²) in [5.41, 5.74) is 1.93. The van der Waals surface area contributed by atoms with Gasteiger partial charge in [0, 0.05) is 19.7 Å². The summed E-state index contributed by atoms with van der Waals surface area (Å²) in [5.74, 6) is -0.113. The van der Waals surface area contributed by atoms with E-state index in [0.717, 1.165) is 5.52 Å². The van der Waals surface area contributed by atoms with E-state index in [1.165, 1.54) is 0 Å². The minimum atomic E-state index is -0.113. The Bertz CT molecular complexity index is 617. The van der Waals surface area contributed by atoms with Crippen LogP contribution in [0, 0.1) is 0 Å². The van der Waals surface area contributed by atoms with E-state index in [9.17, 15) is 4.79 Å². The van der Waals surface area contributed by atoms with Crippen LogP contribution in [-0.4, -0.2) is 44.2 Å². The molecule has 0 bridgehead atoms. The Morgan fingerprint density at radius 3 is 2.84 bits per heavy atom. The average Bonchev–Trinajstić information content (AvgIpc) is 2.76. The van der Waals surface area contributed by atoms with Gasteiger partial charge in [-0.15, -0.1) is 0 Å². The van der Waals surface area contributed by atoms with Crippen molar-refractivity contribution in [1.82, 2.24) is 10.3 Å². The molecule has 2 aromatic rings. The number of benzene rings is 1. The molecule has 0 radical (unpaired) electrons. The maximum atomic E-state index is 12.0. The second kappa shape index (κ2) is 4.55. The number of ether oxygens (including phenoxy) is 1. The van der Waals surface area contributed by atoms with Crippen LogP contribution in [0.2, 0.25) is 0 Å². The number of carbonyl (C=O) groups excluding carboxylic acids is 1. The normalized spacial score (nSPS) is 15.3. The van der Waals surface area contributed by atoms with Crippen LogP contribution in [0.4, 0.5) is 6.01 Å². The van der Waals surface area contributed by atoms with Crippen LogP contribution in [0.25, 0.3) is 11.1 Å². The van der Waals surface area contributed by atoms with Crippen LogP contribution in [0.1, 0.15) is 10.4 Å². The number of nitrogens with zero attached hydrogens (tertiary/aromatic N) is 2. The van der Waals surface area contributed by atoms with E-state index in [-0.39, 0.29) is 11.9 Å². The number of nitrogens with one attached hydrogen (secondary N) is 1. The first-order valence-electron chi connectivity index (χ1n) is 6.10. The van der Waals surface area contributed by atoms with Gasteiger partial charge in [-0.2, -0.15) is 4.98 Å². The SMILES string of the molecule is CN(C)c1nc2ccc(C(=O)NC3COC3)cc2o1. The van der Waals surface area contributed by atoms with Crippen LogP contribution >= 0.6 is 0 Å². The molecule has 0 aliphatic carbocycles. The molecule has 0 spiro atoms. The first kappa shape index (κ1) is 12.0. The van der Waals surface area contributed by atoms with Crippen molar-refractivity contribution in [1.29, 1.82) is 0 Å². The van der Waals surface area contributed by atoms with E-state index >= 15 is 0 Å². The number of rotatable bonds is 3. The number of oxazole rings is 1. The molecule has 1 aliphatic heterocycles. The molecule has 19 heavy (non-hydrogen) atoms. The fraction of sp³-hybridized carbons (Fsp3) is 0.385. The van der Waals surface area contributed by atoms with Crippen molar-refractivity contribution in [3.63, 3.8) is 0 Å². The van der Waals surface area contributed by atoms with Crippen LogP contribution in [0.15, 0.2) is 22.6 Å². The largest absolute Gasteiger partial charge is 0.423 e. The number of amides is 1. The van der Waals surface area contributed by atoms with Gasteiger partial charge in [-0.1, -0.05) is 0 Å². The van der Waals surface area contributed by atoms with E-state index in [0.29, 0.717) is 30.4 Å². The Labute approximate surface area is 110 Å². The highest BCUT2D eigenvalue weighted by Crippen LogP contribution is 2.21. The van der Waals surface area contributed by atoms with E-state index < -0.39 is 0 Å². The zero-order valence-electron chi connectivity index (χ0n) is 10.8. The lowest BCUT2D eigenvalue weighted by Crippen LogP contribution is -2.48. The summed E-state index contributed by atoms with van der Waals surface area (Å²) in [6.07, 6.45) is 0. The average molecular weight is 261 g/mol. The Balaban J connectivity index is 1.85. The van der Waals surface area contributed by atoms with Crippen molar-refractivity contribution < 1.29 is 13.9 Å². The Kier molecular flexibility index (Phi) is 2.87. The number of anilines is 1. The number of fused-ring (bicyclic) bond motifs is 1. The fourth-order valence-electron chi connectivity index (χ4n) is 1.83. The molecule has 2 heterocycles. The molecule has 1 aliphatic rings. The lowest BCUT2D eigenvalue weighted by molar-refractivity contribution is -0.00346. The maximum absolute atomic E-state index is 12.0. The van der Waals surface area contributed by atoms with Crippen LogP contribution in [0.5, 0.6) is 0 Å². The lowest BCUT2D eigenvalue weighted by atomic mass is 10.1. The molecule has 1 amide bonds. The summed E-state index contributed by atoms with van der Waals surface area (Å²) in [4.78, 5) is 18.1. The van der Waals surface area contributed by atoms with Gasteiger partial charge in [0.05, 0.1) is 19.3 Å². The second-order valence-electron chi connectivity index (χ2n) is 4.78. The van der Waals surface area contributed by atoms with E-state index in [4.69, 9.17) is 9.15 Å². The van der Waals surface area contributed by atoms with Crippen LogP contribution in [0.3, 0.4) is 0 Å². The summed E-state index contributed by atoms with van der Waals surface area (Å²) in [5, 5.41) is 2.89. The second-order valence-corrected chi connectivity index (χ2v) is 4.78. The highest BCUT2D eigenvalue weighted by atomic mass is 16.5. The molecule has 3 rings (SSSR count). The van der Waals surface area contributed by atoms with Gasteiger partial charge in [0.1, 0.15) is 5.52 Å². The van der Waals surface area contributed by atoms with Crippen molar-refractivity contribution >= 4 is 23.0 Å². The Morgan fingerprint density at radius 1 is 1.42 bits per heavy atom. The Hall–Kier alpha value is -2.08. The third-order valence-corrected chi connectivity index (χ3v) is 3.00. The summed E-state index contributed by atoms with van der Waals surface area (Å²) >= 11 is 0. The molecule has 1 aromatic carbocycles.